The summed E-state index contributed by atoms with van der Waals surface area (Å²) in [6, 6.07) is 8.34. The Bertz CT molecular complexity index is 320. The van der Waals surface area contributed by atoms with Crippen molar-refractivity contribution < 1.29 is 4.74 Å². The molecule has 1 N–H and O–H groups in total. The third-order valence-corrected chi connectivity index (χ3v) is 2.89. The molecule has 1 aromatic carbocycles. The Hall–Kier alpha value is -1.02. The van der Waals surface area contributed by atoms with Crippen LogP contribution in [0.25, 0.3) is 0 Å². The molecule has 2 rings (SSSR count). The van der Waals surface area contributed by atoms with E-state index in [1.54, 1.807) is 0 Å². The van der Waals surface area contributed by atoms with E-state index in [0.29, 0.717) is 0 Å². The Morgan fingerprint density at radius 2 is 2.12 bits per heavy atom. The van der Waals surface area contributed by atoms with Gasteiger partial charge in [-0.25, -0.2) is 0 Å². The van der Waals surface area contributed by atoms with Crippen LogP contribution in [-0.4, -0.2) is 13.2 Å². The molecule has 1 saturated carbocycles. The molecule has 0 saturated heterocycles. The molecule has 0 amide bonds. The van der Waals surface area contributed by atoms with Gasteiger partial charge in [0.05, 0.1) is 6.61 Å². The standard InChI is InChI=1S/C14H21NO/c1-2-9-15-10-13-5-3-4-6-14(13)16-11-12-7-8-12/h3-6,12,15H,2,7-11H2,1H3. The second kappa shape index (κ2) is 5.90. The van der Waals surface area contributed by atoms with Crippen LogP contribution in [0.4, 0.5) is 0 Å². The lowest BCUT2D eigenvalue weighted by Gasteiger charge is -2.11. The summed E-state index contributed by atoms with van der Waals surface area (Å²) < 4.78 is 5.85. The second-order valence-corrected chi connectivity index (χ2v) is 4.54. The Kier molecular flexibility index (Phi) is 4.23. The number of hydrogen-bond donors (Lipinski definition) is 1. The van der Waals surface area contributed by atoms with E-state index in [9.17, 15) is 0 Å². The van der Waals surface area contributed by atoms with Gasteiger partial charge in [0.15, 0.2) is 0 Å². The lowest BCUT2D eigenvalue weighted by molar-refractivity contribution is 0.296. The lowest BCUT2D eigenvalue weighted by atomic mass is 10.2. The number of rotatable bonds is 7. The molecule has 0 spiro atoms. The predicted octanol–water partition coefficient (Wildman–Crippen LogP) is 2.98. The molecule has 16 heavy (non-hydrogen) atoms. The highest BCUT2D eigenvalue weighted by Crippen LogP contribution is 2.30. The van der Waals surface area contributed by atoms with Gasteiger partial charge in [0, 0.05) is 12.1 Å². The fourth-order valence-corrected chi connectivity index (χ4v) is 1.68. The van der Waals surface area contributed by atoms with Crippen molar-refractivity contribution in [1.82, 2.24) is 5.32 Å². The molecule has 1 aromatic rings. The number of hydrogen-bond acceptors (Lipinski definition) is 2. The maximum Gasteiger partial charge on any atom is 0.123 e. The van der Waals surface area contributed by atoms with Crippen LogP contribution in [0.2, 0.25) is 0 Å². The molecule has 0 heterocycles. The van der Waals surface area contributed by atoms with Crippen LogP contribution in [0.15, 0.2) is 24.3 Å². The molecule has 0 aliphatic heterocycles. The highest BCUT2D eigenvalue weighted by atomic mass is 16.5. The molecule has 2 nitrogen and oxygen atoms in total. The minimum atomic E-state index is 0.816. The number of ether oxygens (including phenoxy) is 1. The van der Waals surface area contributed by atoms with Crippen molar-refractivity contribution in [3.63, 3.8) is 0 Å². The summed E-state index contributed by atoms with van der Waals surface area (Å²) in [6.45, 7) is 5.05. The van der Waals surface area contributed by atoms with Crippen molar-refractivity contribution in [3.05, 3.63) is 29.8 Å². The van der Waals surface area contributed by atoms with Crippen molar-refractivity contribution >= 4 is 0 Å². The van der Waals surface area contributed by atoms with Crippen LogP contribution in [0.5, 0.6) is 5.75 Å². The van der Waals surface area contributed by atoms with Gasteiger partial charge < -0.3 is 10.1 Å². The Morgan fingerprint density at radius 3 is 2.88 bits per heavy atom. The van der Waals surface area contributed by atoms with E-state index in [4.69, 9.17) is 4.74 Å². The summed E-state index contributed by atoms with van der Waals surface area (Å²) in [5.41, 5.74) is 1.27. The van der Waals surface area contributed by atoms with Crippen molar-refractivity contribution in [2.45, 2.75) is 32.7 Å². The van der Waals surface area contributed by atoms with Crippen LogP contribution < -0.4 is 10.1 Å². The van der Waals surface area contributed by atoms with Crippen molar-refractivity contribution in [3.8, 4) is 5.75 Å². The number of nitrogens with one attached hydrogen (secondary N) is 1. The van der Waals surface area contributed by atoms with Gasteiger partial charge in [0.1, 0.15) is 5.75 Å². The van der Waals surface area contributed by atoms with Gasteiger partial charge in [-0.15, -0.1) is 0 Å². The lowest BCUT2D eigenvalue weighted by Crippen LogP contribution is -2.14. The van der Waals surface area contributed by atoms with Gasteiger partial charge in [-0.2, -0.15) is 0 Å². The van der Waals surface area contributed by atoms with E-state index in [0.717, 1.165) is 31.4 Å². The fraction of sp³-hybridized carbons (Fsp3) is 0.571. The molecular weight excluding hydrogens is 198 g/mol. The SMILES string of the molecule is CCCNCc1ccccc1OCC1CC1. The molecular formula is C14H21NO. The molecule has 0 atom stereocenters. The first-order valence-electron chi connectivity index (χ1n) is 6.31. The molecule has 0 radical (unpaired) electrons. The van der Waals surface area contributed by atoms with E-state index >= 15 is 0 Å². The van der Waals surface area contributed by atoms with Crippen LogP contribution >= 0.6 is 0 Å². The largest absolute Gasteiger partial charge is 0.493 e. The Labute approximate surface area is 98.0 Å². The maximum absolute atomic E-state index is 5.85. The Balaban J connectivity index is 1.87. The van der Waals surface area contributed by atoms with Gasteiger partial charge in [-0.3, -0.25) is 0 Å². The number of benzene rings is 1. The fourth-order valence-electron chi connectivity index (χ4n) is 1.68. The molecule has 2 heteroatoms. The van der Waals surface area contributed by atoms with Gasteiger partial charge in [0.2, 0.25) is 0 Å². The summed E-state index contributed by atoms with van der Waals surface area (Å²) in [6.07, 6.45) is 3.86. The Morgan fingerprint density at radius 1 is 1.31 bits per heavy atom. The summed E-state index contributed by atoms with van der Waals surface area (Å²) in [7, 11) is 0. The average Bonchev–Trinajstić information content (AvgIpc) is 3.12. The molecule has 1 aliphatic carbocycles. The maximum atomic E-state index is 5.85. The topological polar surface area (TPSA) is 21.3 Å². The summed E-state index contributed by atoms with van der Waals surface area (Å²) in [5.74, 6) is 1.87. The molecule has 1 fully saturated rings. The molecule has 0 aromatic heterocycles. The minimum Gasteiger partial charge on any atom is -0.493 e. The molecule has 0 bridgehead atoms. The van der Waals surface area contributed by atoms with Gasteiger partial charge in [-0.05, 0) is 37.8 Å². The monoisotopic (exact) mass is 219 g/mol. The van der Waals surface area contributed by atoms with Crippen molar-refractivity contribution in [1.29, 1.82) is 0 Å². The van der Waals surface area contributed by atoms with E-state index in [1.807, 2.05) is 6.07 Å². The third kappa shape index (κ3) is 3.53. The van der Waals surface area contributed by atoms with Crippen LogP contribution in [0.1, 0.15) is 31.7 Å². The number of para-hydroxylation sites is 1. The van der Waals surface area contributed by atoms with Gasteiger partial charge in [-0.1, -0.05) is 25.1 Å². The van der Waals surface area contributed by atoms with Crippen molar-refractivity contribution in [2.24, 2.45) is 5.92 Å². The second-order valence-electron chi connectivity index (χ2n) is 4.54. The molecule has 0 unspecified atom stereocenters. The molecule has 1 aliphatic rings. The zero-order valence-electron chi connectivity index (χ0n) is 10.0. The minimum absolute atomic E-state index is 0.816. The first-order valence-corrected chi connectivity index (χ1v) is 6.31. The zero-order chi connectivity index (χ0) is 11.2. The normalized spacial score (nSPS) is 15.1. The van der Waals surface area contributed by atoms with Gasteiger partial charge >= 0.3 is 0 Å². The quantitative estimate of drug-likeness (QED) is 0.712. The van der Waals surface area contributed by atoms with E-state index in [2.05, 4.69) is 30.4 Å². The van der Waals surface area contributed by atoms with E-state index in [1.165, 1.54) is 24.8 Å². The highest BCUT2D eigenvalue weighted by Gasteiger charge is 2.22. The summed E-state index contributed by atoms with van der Waals surface area (Å²) in [5, 5.41) is 3.42. The van der Waals surface area contributed by atoms with E-state index < -0.39 is 0 Å². The third-order valence-electron chi connectivity index (χ3n) is 2.89. The van der Waals surface area contributed by atoms with Gasteiger partial charge in [0.25, 0.3) is 0 Å². The smallest absolute Gasteiger partial charge is 0.123 e. The van der Waals surface area contributed by atoms with Crippen molar-refractivity contribution in [2.75, 3.05) is 13.2 Å². The summed E-state index contributed by atoms with van der Waals surface area (Å²) in [4.78, 5) is 0. The van der Waals surface area contributed by atoms with E-state index in [-0.39, 0.29) is 0 Å². The highest BCUT2D eigenvalue weighted by molar-refractivity contribution is 5.33. The molecule has 88 valence electrons. The average molecular weight is 219 g/mol. The first-order chi connectivity index (χ1) is 7.90. The van der Waals surface area contributed by atoms with Crippen LogP contribution in [0.3, 0.4) is 0 Å². The van der Waals surface area contributed by atoms with Crippen LogP contribution in [0, 0.1) is 5.92 Å². The first kappa shape index (κ1) is 11.5. The zero-order valence-corrected chi connectivity index (χ0v) is 10.0. The predicted molar refractivity (Wildman–Crippen MR) is 66.7 cm³/mol. The summed E-state index contributed by atoms with van der Waals surface area (Å²) >= 11 is 0. The van der Waals surface area contributed by atoms with Crippen LogP contribution in [-0.2, 0) is 6.54 Å².